The van der Waals surface area contributed by atoms with Crippen LogP contribution in [0.15, 0.2) is 77.8 Å². The van der Waals surface area contributed by atoms with E-state index in [-0.39, 0.29) is 0 Å². The lowest BCUT2D eigenvalue weighted by Crippen LogP contribution is -1.86. The van der Waals surface area contributed by atoms with Crippen LogP contribution in [0.1, 0.15) is 6.92 Å². The molecule has 2 aromatic carbocycles. The molecule has 0 N–H and O–H groups in total. The first kappa shape index (κ1) is 15.0. The zero-order valence-electron chi connectivity index (χ0n) is 13.4. The first-order valence-electron chi connectivity index (χ1n) is 7.95. The minimum Gasteiger partial charge on any atom is -0.269 e. The van der Waals surface area contributed by atoms with Crippen LogP contribution in [0.25, 0.3) is 28.1 Å². The van der Waals surface area contributed by atoms with Crippen LogP contribution in [0, 0.1) is 0 Å². The molecule has 0 aliphatic carbocycles. The number of hydrogen-bond acceptors (Lipinski definition) is 3. The van der Waals surface area contributed by atoms with Crippen molar-refractivity contribution in [3.05, 3.63) is 72.8 Å². The van der Waals surface area contributed by atoms with Gasteiger partial charge in [-0.25, -0.2) is 9.97 Å². The van der Waals surface area contributed by atoms with Gasteiger partial charge in [-0.2, -0.15) is 0 Å². The van der Waals surface area contributed by atoms with E-state index in [2.05, 4.69) is 34.8 Å². The largest absolute Gasteiger partial charge is 0.269 e. The molecule has 0 unspecified atom stereocenters. The summed E-state index contributed by atoms with van der Waals surface area (Å²) in [4.78, 5) is 9.54. The molecular formula is C20H17N3S. The summed E-state index contributed by atoms with van der Waals surface area (Å²) in [6.07, 6.45) is 4.24. The molecule has 4 heteroatoms. The number of allylic oxidation sites excluding steroid dienone is 1. The molecule has 3 nitrogen and oxygen atoms in total. The highest BCUT2D eigenvalue weighted by molar-refractivity contribution is 7.99. The van der Waals surface area contributed by atoms with Crippen molar-refractivity contribution >= 4 is 28.6 Å². The van der Waals surface area contributed by atoms with E-state index in [0.717, 1.165) is 38.8 Å². The number of thioether (sulfide) groups is 1. The molecule has 4 rings (SSSR count). The van der Waals surface area contributed by atoms with Crippen LogP contribution in [0.5, 0.6) is 0 Å². The van der Waals surface area contributed by atoms with Gasteiger partial charge in [0, 0.05) is 11.3 Å². The SMILES string of the molecule is CC=CCSc1c(-c2ccccc2)nc2nc3cccccc3n12. The Morgan fingerprint density at radius 1 is 0.958 bits per heavy atom. The van der Waals surface area contributed by atoms with E-state index in [9.17, 15) is 0 Å². The molecular weight excluding hydrogens is 314 g/mol. The van der Waals surface area contributed by atoms with Gasteiger partial charge in [-0.15, -0.1) is 11.8 Å². The second-order valence-corrected chi connectivity index (χ2v) is 6.45. The molecule has 2 aromatic heterocycles. The van der Waals surface area contributed by atoms with Gasteiger partial charge in [-0.1, -0.05) is 60.7 Å². The Labute approximate surface area is 145 Å². The van der Waals surface area contributed by atoms with Crippen molar-refractivity contribution in [2.45, 2.75) is 11.9 Å². The number of aromatic nitrogens is 3. The smallest absolute Gasteiger partial charge is 0.236 e. The fourth-order valence-electron chi connectivity index (χ4n) is 2.75. The molecule has 24 heavy (non-hydrogen) atoms. The molecule has 4 aromatic rings. The summed E-state index contributed by atoms with van der Waals surface area (Å²) in [6.45, 7) is 2.05. The number of fused-ring (bicyclic) bond motifs is 3. The fourth-order valence-corrected chi connectivity index (χ4v) is 3.80. The van der Waals surface area contributed by atoms with Crippen LogP contribution < -0.4 is 0 Å². The summed E-state index contributed by atoms with van der Waals surface area (Å²) in [5, 5.41) is 1.14. The van der Waals surface area contributed by atoms with E-state index in [1.807, 2.05) is 49.4 Å². The van der Waals surface area contributed by atoms with Crippen LogP contribution in [-0.2, 0) is 0 Å². The summed E-state index contributed by atoms with van der Waals surface area (Å²) in [7, 11) is 0. The van der Waals surface area contributed by atoms with Gasteiger partial charge in [0.25, 0.3) is 0 Å². The Balaban J connectivity index is 1.99. The van der Waals surface area contributed by atoms with Crippen molar-refractivity contribution in [2.75, 3.05) is 5.75 Å². The number of hydrogen-bond donors (Lipinski definition) is 0. The highest BCUT2D eigenvalue weighted by atomic mass is 32.2. The van der Waals surface area contributed by atoms with E-state index in [4.69, 9.17) is 9.97 Å². The zero-order chi connectivity index (χ0) is 16.4. The molecule has 0 amide bonds. The third-order valence-electron chi connectivity index (χ3n) is 3.87. The maximum absolute atomic E-state index is 4.83. The number of rotatable bonds is 4. The van der Waals surface area contributed by atoms with Gasteiger partial charge in [0.15, 0.2) is 0 Å². The maximum atomic E-state index is 4.83. The van der Waals surface area contributed by atoms with Crippen molar-refractivity contribution in [1.82, 2.24) is 14.4 Å². The van der Waals surface area contributed by atoms with Crippen molar-refractivity contribution in [3.8, 4) is 11.3 Å². The van der Waals surface area contributed by atoms with Crippen molar-refractivity contribution in [2.24, 2.45) is 0 Å². The molecule has 118 valence electrons. The molecule has 0 radical (unpaired) electrons. The highest BCUT2D eigenvalue weighted by Gasteiger charge is 2.18. The lowest BCUT2D eigenvalue weighted by atomic mass is 10.2. The standard InChI is InChI=1S/C20H17N3S/c1-2-3-14-24-19-18(15-10-6-4-7-11-15)22-20-21-16-12-8-5-9-13-17(16)23(19)20/h2-13H,14H2,1H3. The molecule has 0 aliphatic heterocycles. The molecule has 0 spiro atoms. The summed E-state index contributed by atoms with van der Waals surface area (Å²) in [5.74, 6) is 1.67. The molecule has 0 saturated heterocycles. The topological polar surface area (TPSA) is 30.2 Å². The van der Waals surface area contributed by atoms with Crippen LogP contribution in [0.4, 0.5) is 0 Å². The van der Waals surface area contributed by atoms with Crippen LogP contribution in [-0.4, -0.2) is 20.1 Å². The second-order valence-electron chi connectivity index (χ2n) is 5.44. The second kappa shape index (κ2) is 6.49. The summed E-state index contributed by atoms with van der Waals surface area (Å²) in [5.41, 5.74) is 4.18. The van der Waals surface area contributed by atoms with E-state index in [0.29, 0.717) is 0 Å². The lowest BCUT2D eigenvalue weighted by Gasteiger charge is -2.03. The fraction of sp³-hybridized carbons (Fsp3) is 0.100. The molecule has 0 atom stereocenters. The quantitative estimate of drug-likeness (QED) is 0.379. The molecule has 0 aliphatic rings. The molecule has 0 bridgehead atoms. The summed E-state index contributed by atoms with van der Waals surface area (Å²) in [6, 6.07) is 20.5. The number of nitrogens with zero attached hydrogens (tertiary/aromatic N) is 3. The van der Waals surface area contributed by atoms with Crippen molar-refractivity contribution < 1.29 is 0 Å². The minimum atomic E-state index is 0.762. The maximum Gasteiger partial charge on any atom is 0.236 e. The molecule has 2 heterocycles. The average molecular weight is 331 g/mol. The molecule has 0 saturated carbocycles. The normalized spacial score (nSPS) is 11.7. The van der Waals surface area contributed by atoms with Crippen LogP contribution in [0.3, 0.4) is 0 Å². The molecule has 0 fully saturated rings. The number of imidazole rings is 2. The van der Waals surface area contributed by atoms with Crippen LogP contribution >= 0.6 is 11.8 Å². The van der Waals surface area contributed by atoms with E-state index in [1.54, 1.807) is 11.8 Å². The van der Waals surface area contributed by atoms with Crippen molar-refractivity contribution in [1.29, 1.82) is 0 Å². The van der Waals surface area contributed by atoms with Gasteiger partial charge in [0.2, 0.25) is 5.78 Å². The monoisotopic (exact) mass is 331 g/mol. The Bertz CT molecular complexity index is 1020. The Kier molecular flexibility index (Phi) is 4.05. The van der Waals surface area contributed by atoms with E-state index >= 15 is 0 Å². The van der Waals surface area contributed by atoms with Gasteiger partial charge in [0.1, 0.15) is 10.7 Å². The third kappa shape index (κ3) is 2.59. The third-order valence-corrected chi connectivity index (χ3v) is 4.88. The van der Waals surface area contributed by atoms with E-state index in [1.165, 1.54) is 0 Å². The number of benzene rings is 1. The summed E-state index contributed by atoms with van der Waals surface area (Å²) >= 11 is 1.79. The Morgan fingerprint density at radius 3 is 2.50 bits per heavy atom. The van der Waals surface area contributed by atoms with Gasteiger partial charge >= 0.3 is 0 Å². The van der Waals surface area contributed by atoms with Crippen molar-refractivity contribution in [3.63, 3.8) is 0 Å². The Hall–Kier alpha value is -2.59. The first-order valence-corrected chi connectivity index (χ1v) is 8.93. The predicted octanol–water partition coefficient (Wildman–Crippen LogP) is 5.22. The lowest BCUT2D eigenvalue weighted by molar-refractivity contribution is 1.11. The van der Waals surface area contributed by atoms with Gasteiger partial charge in [-0.05, 0) is 19.1 Å². The van der Waals surface area contributed by atoms with Gasteiger partial charge < -0.3 is 0 Å². The van der Waals surface area contributed by atoms with E-state index < -0.39 is 0 Å². The minimum absolute atomic E-state index is 0.762. The van der Waals surface area contributed by atoms with Gasteiger partial charge in [-0.3, -0.25) is 4.40 Å². The predicted molar refractivity (Wildman–Crippen MR) is 101 cm³/mol. The summed E-state index contributed by atoms with van der Waals surface area (Å²) < 4.78 is 2.17. The Morgan fingerprint density at radius 2 is 1.71 bits per heavy atom. The zero-order valence-corrected chi connectivity index (χ0v) is 14.2. The first-order chi connectivity index (χ1) is 11.9. The van der Waals surface area contributed by atoms with Gasteiger partial charge in [0.05, 0.1) is 11.0 Å². The average Bonchev–Trinajstić information content (AvgIpc) is 3.03. The van der Waals surface area contributed by atoms with Crippen LogP contribution in [0.2, 0.25) is 0 Å². The highest BCUT2D eigenvalue weighted by Crippen LogP contribution is 2.34.